The third-order valence-corrected chi connectivity index (χ3v) is 6.08. The second-order valence-electron chi connectivity index (χ2n) is 7.99. The summed E-state index contributed by atoms with van der Waals surface area (Å²) in [6.45, 7) is 2.09. The van der Waals surface area contributed by atoms with Gasteiger partial charge in [0.05, 0.1) is 31.4 Å². The molecule has 32 heavy (non-hydrogen) atoms. The third-order valence-electron chi connectivity index (χ3n) is 6.08. The van der Waals surface area contributed by atoms with E-state index in [1.807, 2.05) is 48.5 Å². The van der Waals surface area contributed by atoms with Gasteiger partial charge >= 0.3 is 0 Å². The first-order valence-electron chi connectivity index (χ1n) is 10.8. The predicted octanol–water partition coefficient (Wildman–Crippen LogP) is 2.82. The molecule has 0 radical (unpaired) electrons. The summed E-state index contributed by atoms with van der Waals surface area (Å²) in [4.78, 5) is 32.5. The van der Waals surface area contributed by atoms with Crippen molar-refractivity contribution in [2.75, 3.05) is 19.1 Å². The molecule has 0 saturated carbocycles. The molecule has 7 nitrogen and oxygen atoms in total. The highest BCUT2D eigenvalue weighted by molar-refractivity contribution is 6.01. The average molecular weight is 433 g/mol. The molecule has 2 amide bonds. The highest BCUT2D eigenvalue weighted by atomic mass is 16.5. The summed E-state index contributed by atoms with van der Waals surface area (Å²) in [6.07, 6.45) is 2.94. The highest BCUT2D eigenvalue weighted by Crippen LogP contribution is 2.33. The number of carbonyl (C=O) groups is 2. The lowest BCUT2D eigenvalue weighted by molar-refractivity contribution is -0.128. The molecule has 0 saturated heterocycles. The Morgan fingerprint density at radius 2 is 1.97 bits per heavy atom. The largest absolute Gasteiger partial charge is 0.495 e. The van der Waals surface area contributed by atoms with Gasteiger partial charge in [0.15, 0.2) is 0 Å². The van der Waals surface area contributed by atoms with Crippen molar-refractivity contribution in [2.24, 2.45) is 0 Å². The molecule has 3 aromatic rings. The number of fused-ring (bicyclic) bond motifs is 2. The van der Waals surface area contributed by atoms with Crippen LogP contribution in [0.15, 0.2) is 54.7 Å². The lowest BCUT2D eigenvalue weighted by atomic mass is 10.1. The Bertz CT molecular complexity index is 1150. The Labute approximate surface area is 187 Å². The van der Waals surface area contributed by atoms with E-state index >= 15 is 0 Å². The van der Waals surface area contributed by atoms with Crippen LogP contribution in [0.3, 0.4) is 0 Å². The molecule has 2 aromatic carbocycles. The second kappa shape index (κ2) is 9.36. The average Bonchev–Trinajstić information content (AvgIpc) is 2.95. The van der Waals surface area contributed by atoms with Crippen LogP contribution < -0.4 is 20.3 Å². The molecule has 0 aliphatic carbocycles. The summed E-state index contributed by atoms with van der Waals surface area (Å²) in [5.74, 6) is 0.306. The maximum atomic E-state index is 13.7. The van der Waals surface area contributed by atoms with E-state index in [0.29, 0.717) is 25.1 Å². The van der Waals surface area contributed by atoms with Gasteiger partial charge in [-0.05, 0) is 44.5 Å². The van der Waals surface area contributed by atoms with Crippen molar-refractivity contribution in [1.29, 1.82) is 0 Å². The number of para-hydroxylation sites is 2. The number of benzene rings is 2. The van der Waals surface area contributed by atoms with Crippen LogP contribution in [0.1, 0.15) is 24.5 Å². The van der Waals surface area contributed by atoms with E-state index in [2.05, 4.69) is 15.6 Å². The molecule has 1 aliphatic heterocycles. The van der Waals surface area contributed by atoms with Crippen LogP contribution in [0.25, 0.3) is 10.9 Å². The molecule has 0 bridgehead atoms. The van der Waals surface area contributed by atoms with Gasteiger partial charge in [-0.1, -0.05) is 36.4 Å². The number of hydrogen-bond donors (Lipinski definition) is 2. The minimum absolute atomic E-state index is 0.130. The Balaban J connectivity index is 1.76. The van der Waals surface area contributed by atoms with Gasteiger partial charge in [-0.2, -0.15) is 0 Å². The summed E-state index contributed by atoms with van der Waals surface area (Å²) in [7, 11) is 3.33. The number of aromatic nitrogens is 1. The summed E-state index contributed by atoms with van der Waals surface area (Å²) in [6, 6.07) is 14.7. The van der Waals surface area contributed by atoms with E-state index in [1.165, 1.54) is 0 Å². The fourth-order valence-electron chi connectivity index (χ4n) is 4.12. The molecule has 0 unspecified atom stereocenters. The van der Waals surface area contributed by atoms with Crippen molar-refractivity contribution in [1.82, 2.24) is 15.6 Å². The molecule has 166 valence electrons. The maximum Gasteiger partial charge on any atom is 0.249 e. The number of pyridine rings is 1. The monoisotopic (exact) mass is 432 g/mol. The van der Waals surface area contributed by atoms with Gasteiger partial charge in [-0.3, -0.25) is 14.6 Å². The molecule has 2 N–H and O–H groups in total. The fourth-order valence-corrected chi connectivity index (χ4v) is 4.12. The standard InChI is InChI=1S/C25H28N4O3/c1-16(26-2)24(30)28-21-13-12-17-8-4-7-11-22(17)29(25(21)31)15-19-18-9-5-6-10-20(18)27-14-23(19)32-3/h4-11,14,16,21,26H,12-13,15H2,1-3H3,(H,28,30)/t16-,21-/m0/s1. The van der Waals surface area contributed by atoms with Crippen molar-refractivity contribution >= 4 is 28.4 Å². The predicted molar refractivity (Wildman–Crippen MR) is 125 cm³/mol. The second-order valence-corrected chi connectivity index (χ2v) is 7.99. The van der Waals surface area contributed by atoms with Gasteiger partial charge in [0.25, 0.3) is 0 Å². The molecule has 2 atom stereocenters. The molecule has 0 spiro atoms. The minimum atomic E-state index is -0.607. The van der Waals surface area contributed by atoms with Crippen LogP contribution >= 0.6 is 0 Å². The van der Waals surface area contributed by atoms with Crippen LogP contribution in [0, 0.1) is 0 Å². The SMILES string of the molecule is CN[C@@H](C)C(=O)N[C@H]1CCc2ccccc2N(Cc2c(OC)cnc3ccccc23)C1=O. The molecular formula is C25H28N4O3. The number of ether oxygens (including phenoxy) is 1. The summed E-state index contributed by atoms with van der Waals surface area (Å²) in [5, 5.41) is 6.80. The van der Waals surface area contributed by atoms with Crippen molar-refractivity contribution in [3.8, 4) is 5.75 Å². The van der Waals surface area contributed by atoms with Crippen LogP contribution in [0.5, 0.6) is 5.75 Å². The van der Waals surface area contributed by atoms with Gasteiger partial charge < -0.3 is 20.3 Å². The smallest absolute Gasteiger partial charge is 0.249 e. The number of nitrogens with zero attached hydrogens (tertiary/aromatic N) is 2. The number of aryl methyl sites for hydroxylation is 1. The van der Waals surface area contributed by atoms with Crippen LogP contribution in [-0.4, -0.2) is 43.0 Å². The van der Waals surface area contributed by atoms with E-state index in [9.17, 15) is 9.59 Å². The zero-order valence-electron chi connectivity index (χ0n) is 18.6. The van der Waals surface area contributed by atoms with E-state index in [4.69, 9.17) is 4.74 Å². The van der Waals surface area contributed by atoms with Crippen LogP contribution in [-0.2, 0) is 22.6 Å². The quantitative estimate of drug-likeness (QED) is 0.626. The summed E-state index contributed by atoms with van der Waals surface area (Å²) < 4.78 is 5.61. The van der Waals surface area contributed by atoms with E-state index in [-0.39, 0.29) is 17.9 Å². The molecule has 4 rings (SSSR count). The molecule has 0 fully saturated rings. The number of nitrogens with one attached hydrogen (secondary N) is 2. The number of amides is 2. The highest BCUT2D eigenvalue weighted by Gasteiger charge is 2.33. The molecule has 2 heterocycles. The van der Waals surface area contributed by atoms with Gasteiger partial charge in [-0.25, -0.2) is 0 Å². The number of rotatable bonds is 6. The topological polar surface area (TPSA) is 83.6 Å². The summed E-state index contributed by atoms with van der Waals surface area (Å²) in [5.41, 5.74) is 3.67. The lowest BCUT2D eigenvalue weighted by Gasteiger charge is -2.28. The third kappa shape index (κ3) is 4.16. The Kier molecular flexibility index (Phi) is 6.37. The zero-order valence-corrected chi connectivity index (χ0v) is 18.6. The van der Waals surface area contributed by atoms with Crippen molar-refractivity contribution in [3.63, 3.8) is 0 Å². The number of hydrogen-bond acceptors (Lipinski definition) is 5. The van der Waals surface area contributed by atoms with Gasteiger partial charge in [-0.15, -0.1) is 0 Å². The Hall–Kier alpha value is -3.45. The van der Waals surface area contributed by atoms with Gasteiger partial charge in [0.1, 0.15) is 11.8 Å². The fraction of sp³-hybridized carbons (Fsp3) is 0.320. The number of anilines is 1. The minimum Gasteiger partial charge on any atom is -0.495 e. The molecule has 1 aromatic heterocycles. The molecular weight excluding hydrogens is 404 g/mol. The van der Waals surface area contributed by atoms with Crippen molar-refractivity contribution in [3.05, 3.63) is 65.9 Å². The molecule has 1 aliphatic rings. The van der Waals surface area contributed by atoms with Crippen LogP contribution in [0.2, 0.25) is 0 Å². The Morgan fingerprint density at radius 1 is 1.22 bits per heavy atom. The van der Waals surface area contributed by atoms with Crippen LogP contribution in [0.4, 0.5) is 5.69 Å². The van der Waals surface area contributed by atoms with Crippen molar-refractivity contribution in [2.45, 2.75) is 38.4 Å². The lowest BCUT2D eigenvalue weighted by Crippen LogP contribution is -2.52. The Morgan fingerprint density at radius 3 is 2.75 bits per heavy atom. The zero-order chi connectivity index (χ0) is 22.7. The number of likely N-dealkylation sites (N-methyl/N-ethyl adjacent to an activating group) is 1. The van der Waals surface area contributed by atoms with Crippen molar-refractivity contribution < 1.29 is 14.3 Å². The first kappa shape index (κ1) is 21.8. The normalized spacial score (nSPS) is 16.9. The molecule has 7 heteroatoms. The first-order valence-corrected chi connectivity index (χ1v) is 10.8. The number of carbonyl (C=O) groups excluding carboxylic acids is 2. The van der Waals surface area contributed by atoms with Gasteiger partial charge in [0, 0.05) is 16.6 Å². The van der Waals surface area contributed by atoms with E-state index < -0.39 is 6.04 Å². The number of methoxy groups -OCH3 is 1. The van der Waals surface area contributed by atoms with E-state index in [0.717, 1.165) is 27.7 Å². The summed E-state index contributed by atoms with van der Waals surface area (Å²) >= 11 is 0. The maximum absolute atomic E-state index is 13.7. The first-order chi connectivity index (χ1) is 15.5. The van der Waals surface area contributed by atoms with Gasteiger partial charge in [0.2, 0.25) is 11.8 Å². The van der Waals surface area contributed by atoms with E-state index in [1.54, 1.807) is 32.2 Å².